The Morgan fingerprint density at radius 2 is 2.03 bits per heavy atom. The number of nitrogens with one attached hydrogen (secondary N) is 2. The molecule has 2 amide bonds. The van der Waals surface area contributed by atoms with Crippen molar-refractivity contribution < 1.29 is 27.6 Å². The van der Waals surface area contributed by atoms with Gasteiger partial charge in [0.2, 0.25) is 5.95 Å². The summed E-state index contributed by atoms with van der Waals surface area (Å²) in [7, 11) is 0. The van der Waals surface area contributed by atoms with E-state index in [1.807, 2.05) is 0 Å². The van der Waals surface area contributed by atoms with E-state index in [0.29, 0.717) is 4.47 Å². The molecule has 2 fully saturated rings. The third-order valence-corrected chi connectivity index (χ3v) is 6.13. The number of halogens is 5. The number of benzene rings is 1. The van der Waals surface area contributed by atoms with Gasteiger partial charge in [0.25, 0.3) is 11.8 Å². The Kier molecular flexibility index (Phi) is 6.03. The SMILES string of the molecule is O=C(NC1CONC1=O)c1cnc(N2CCC(c3cc(Cl)cc(Br)c3)(C(F)(F)F)C2)nc1. The highest BCUT2D eigenvalue weighted by Gasteiger charge is 2.59. The van der Waals surface area contributed by atoms with Crippen molar-refractivity contribution in [2.24, 2.45) is 0 Å². The molecule has 1 aromatic carbocycles. The maximum absolute atomic E-state index is 14.2. The van der Waals surface area contributed by atoms with Crippen LogP contribution in [0.4, 0.5) is 19.1 Å². The molecule has 1 aromatic heterocycles. The van der Waals surface area contributed by atoms with Gasteiger partial charge in [0.05, 0.1) is 5.56 Å². The minimum Gasteiger partial charge on any atom is -0.340 e. The third kappa shape index (κ3) is 4.26. The normalized spacial score (nSPS) is 23.3. The molecule has 2 aliphatic heterocycles. The van der Waals surface area contributed by atoms with Gasteiger partial charge in [-0.25, -0.2) is 15.4 Å². The Hall–Kier alpha value is -2.44. The first-order valence-electron chi connectivity index (χ1n) is 9.42. The lowest BCUT2D eigenvalue weighted by atomic mass is 9.79. The lowest BCUT2D eigenvalue weighted by molar-refractivity contribution is -0.184. The van der Waals surface area contributed by atoms with Crippen molar-refractivity contribution in [1.82, 2.24) is 20.8 Å². The summed E-state index contributed by atoms with van der Waals surface area (Å²) in [5, 5.41) is 2.66. The third-order valence-electron chi connectivity index (χ3n) is 5.45. The van der Waals surface area contributed by atoms with Gasteiger partial charge >= 0.3 is 6.18 Å². The lowest BCUT2D eigenvalue weighted by Crippen LogP contribution is -2.45. The van der Waals surface area contributed by atoms with Crippen LogP contribution < -0.4 is 15.7 Å². The highest BCUT2D eigenvalue weighted by atomic mass is 79.9. The molecule has 32 heavy (non-hydrogen) atoms. The zero-order valence-electron chi connectivity index (χ0n) is 16.2. The number of carbonyl (C=O) groups is 2. The molecule has 2 atom stereocenters. The average molecular weight is 535 g/mol. The fourth-order valence-corrected chi connectivity index (χ4v) is 4.59. The molecule has 0 spiro atoms. The maximum Gasteiger partial charge on any atom is 0.400 e. The number of aromatic nitrogens is 2. The Balaban J connectivity index is 1.53. The second-order valence-corrected chi connectivity index (χ2v) is 8.84. The number of anilines is 1. The van der Waals surface area contributed by atoms with E-state index in [1.54, 1.807) is 0 Å². The van der Waals surface area contributed by atoms with Gasteiger partial charge in [0, 0.05) is 35.0 Å². The quantitative estimate of drug-likeness (QED) is 0.626. The number of rotatable bonds is 4. The number of carbonyl (C=O) groups excluding carboxylic acids is 2. The number of alkyl halides is 3. The molecule has 2 aliphatic rings. The van der Waals surface area contributed by atoms with Crippen molar-refractivity contribution in [3.8, 4) is 0 Å². The van der Waals surface area contributed by atoms with Gasteiger partial charge in [-0.2, -0.15) is 13.2 Å². The average Bonchev–Trinajstić information content (AvgIpc) is 3.35. The zero-order valence-corrected chi connectivity index (χ0v) is 18.6. The first-order chi connectivity index (χ1) is 15.1. The summed E-state index contributed by atoms with van der Waals surface area (Å²) in [6.07, 6.45) is -2.33. The molecule has 170 valence electrons. The summed E-state index contributed by atoms with van der Waals surface area (Å²) in [5.74, 6) is -1.02. The van der Waals surface area contributed by atoms with Crippen molar-refractivity contribution in [1.29, 1.82) is 0 Å². The molecule has 2 N–H and O–H groups in total. The molecule has 0 aliphatic carbocycles. The van der Waals surface area contributed by atoms with Crippen molar-refractivity contribution in [3.63, 3.8) is 0 Å². The fourth-order valence-electron chi connectivity index (χ4n) is 3.73. The van der Waals surface area contributed by atoms with Crippen LogP contribution in [0.1, 0.15) is 22.3 Å². The highest BCUT2D eigenvalue weighted by molar-refractivity contribution is 9.10. The number of amides is 2. The van der Waals surface area contributed by atoms with E-state index >= 15 is 0 Å². The predicted octanol–water partition coefficient (Wildman–Crippen LogP) is 2.76. The van der Waals surface area contributed by atoms with E-state index < -0.39 is 36.0 Å². The van der Waals surface area contributed by atoms with E-state index in [2.05, 4.69) is 36.7 Å². The highest BCUT2D eigenvalue weighted by Crippen LogP contribution is 2.49. The molecular weight excluding hydrogens is 519 g/mol. The first-order valence-corrected chi connectivity index (χ1v) is 10.6. The van der Waals surface area contributed by atoms with Crippen LogP contribution in [0.2, 0.25) is 5.02 Å². The molecule has 2 aromatic rings. The molecule has 0 radical (unpaired) electrons. The Morgan fingerprint density at radius 1 is 1.31 bits per heavy atom. The van der Waals surface area contributed by atoms with E-state index in [0.717, 1.165) is 0 Å². The van der Waals surface area contributed by atoms with Crippen LogP contribution in [-0.4, -0.2) is 53.7 Å². The molecule has 2 saturated heterocycles. The van der Waals surface area contributed by atoms with Gasteiger partial charge in [-0.15, -0.1) is 0 Å². The minimum atomic E-state index is -4.53. The van der Waals surface area contributed by atoms with Gasteiger partial charge in [-0.05, 0) is 30.2 Å². The second kappa shape index (κ2) is 8.49. The molecule has 3 heterocycles. The van der Waals surface area contributed by atoms with Gasteiger partial charge in [0.15, 0.2) is 0 Å². The molecule has 13 heteroatoms. The largest absolute Gasteiger partial charge is 0.400 e. The zero-order chi connectivity index (χ0) is 23.1. The van der Waals surface area contributed by atoms with Crippen LogP contribution in [0.25, 0.3) is 0 Å². The van der Waals surface area contributed by atoms with Gasteiger partial charge in [-0.3, -0.25) is 14.4 Å². The van der Waals surface area contributed by atoms with Gasteiger partial charge in [-0.1, -0.05) is 27.5 Å². The van der Waals surface area contributed by atoms with E-state index in [9.17, 15) is 22.8 Å². The van der Waals surface area contributed by atoms with Crippen LogP contribution in [0.15, 0.2) is 35.1 Å². The summed E-state index contributed by atoms with van der Waals surface area (Å²) >= 11 is 9.21. The van der Waals surface area contributed by atoms with E-state index in [-0.39, 0.29) is 41.7 Å². The number of nitrogens with zero attached hydrogens (tertiary/aromatic N) is 3. The number of hydrogen-bond acceptors (Lipinski definition) is 6. The minimum absolute atomic E-state index is 0.0174. The molecule has 8 nitrogen and oxygen atoms in total. The Labute approximate surface area is 193 Å². The monoisotopic (exact) mass is 533 g/mol. The van der Waals surface area contributed by atoms with E-state index in [4.69, 9.17) is 16.4 Å². The number of hydrogen-bond donors (Lipinski definition) is 2. The summed E-state index contributed by atoms with van der Waals surface area (Å²) in [4.78, 5) is 38.0. The van der Waals surface area contributed by atoms with Crippen LogP contribution in [-0.2, 0) is 15.0 Å². The second-order valence-electron chi connectivity index (χ2n) is 7.48. The summed E-state index contributed by atoms with van der Waals surface area (Å²) in [6, 6.07) is 3.42. The summed E-state index contributed by atoms with van der Waals surface area (Å²) in [6.45, 7) is -0.348. The van der Waals surface area contributed by atoms with Crippen molar-refractivity contribution in [3.05, 3.63) is 51.2 Å². The maximum atomic E-state index is 14.2. The molecule has 0 bridgehead atoms. The number of hydroxylamine groups is 1. The molecule has 2 unspecified atom stereocenters. The molecule has 4 rings (SSSR count). The first kappa shape index (κ1) is 22.7. The van der Waals surface area contributed by atoms with Crippen molar-refractivity contribution >= 4 is 45.3 Å². The Bertz CT molecular complexity index is 1040. The molecule has 0 saturated carbocycles. The van der Waals surface area contributed by atoms with Crippen LogP contribution in [0, 0.1) is 0 Å². The van der Waals surface area contributed by atoms with Crippen LogP contribution in [0.3, 0.4) is 0 Å². The predicted molar refractivity (Wildman–Crippen MR) is 111 cm³/mol. The molecular formula is C19H16BrClF3N5O3. The summed E-state index contributed by atoms with van der Waals surface area (Å²) in [5.41, 5.74) is 0.0938. The fraction of sp³-hybridized carbons (Fsp3) is 0.368. The lowest BCUT2D eigenvalue weighted by Gasteiger charge is -2.32. The summed E-state index contributed by atoms with van der Waals surface area (Å²) < 4.78 is 43.1. The van der Waals surface area contributed by atoms with Crippen LogP contribution >= 0.6 is 27.5 Å². The topological polar surface area (TPSA) is 96.5 Å². The van der Waals surface area contributed by atoms with Crippen LogP contribution in [0.5, 0.6) is 0 Å². The van der Waals surface area contributed by atoms with E-state index in [1.165, 1.54) is 35.5 Å². The Morgan fingerprint density at radius 3 is 2.62 bits per heavy atom. The van der Waals surface area contributed by atoms with Crippen molar-refractivity contribution in [2.45, 2.75) is 24.1 Å². The van der Waals surface area contributed by atoms with Gasteiger partial charge in [0.1, 0.15) is 18.1 Å². The van der Waals surface area contributed by atoms with Gasteiger partial charge < -0.3 is 10.2 Å². The smallest absolute Gasteiger partial charge is 0.340 e. The standard InChI is InChI=1S/C19H16BrClF3N5O3/c20-12-3-11(4-13(21)5-12)18(19(22,23)24)1-2-29(9-18)17-25-6-10(7-26-17)15(30)27-14-8-32-28-16(14)31/h3-7,14H,1-2,8-9H2,(H,27,30)(H,28,31). The van der Waals surface area contributed by atoms with Crippen molar-refractivity contribution in [2.75, 3.05) is 24.6 Å².